The number of benzene rings is 5. The first-order valence-corrected chi connectivity index (χ1v) is 15.4. The average molecular weight is 593 g/mol. The Morgan fingerprint density at radius 2 is 1.26 bits per heavy atom. The van der Waals surface area contributed by atoms with Crippen molar-refractivity contribution in [3.8, 4) is 39.8 Å². The van der Waals surface area contributed by atoms with Gasteiger partial charge in [0.2, 0.25) is 0 Å². The molecular formula is C41H28N4O. The van der Waals surface area contributed by atoms with E-state index in [-0.39, 0.29) is 5.75 Å². The summed E-state index contributed by atoms with van der Waals surface area (Å²) in [5.74, 6) is 1.09. The maximum Gasteiger partial charge on any atom is 0.137 e. The van der Waals surface area contributed by atoms with Gasteiger partial charge < -0.3 is 9.67 Å². The molecule has 218 valence electrons. The van der Waals surface area contributed by atoms with Crippen molar-refractivity contribution >= 4 is 43.6 Å². The smallest absolute Gasteiger partial charge is 0.137 e. The quantitative estimate of drug-likeness (QED) is 0.221. The first-order chi connectivity index (χ1) is 22.7. The molecule has 0 aliphatic heterocycles. The predicted octanol–water partition coefficient (Wildman–Crippen LogP) is 10.0. The van der Waals surface area contributed by atoms with Gasteiger partial charge in [-0.15, -0.1) is 0 Å². The molecule has 9 aromatic rings. The minimum absolute atomic E-state index is 0.215. The van der Waals surface area contributed by atoms with E-state index in [2.05, 4.69) is 107 Å². The molecule has 0 saturated carbocycles. The molecule has 46 heavy (non-hydrogen) atoms. The van der Waals surface area contributed by atoms with Gasteiger partial charge in [-0.05, 0) is 85.3 Å². The second-order valence-electron chi connectivity index (χ2n) is 11.7. The summed E-state index contributed by atoms with van der Waals surface area (Å²) in [5.41, 5.74) is 10.0. The molecule has 4 heterocycles. The van der Waals surface area contributed by atoms with E-state index in [1.54, 1.807) is 6.07 Å². The molecule has 1 N–H and O–H groups in total. The summed E-state index contributed by atoms with van der Waals surface area (Å²) in [6.07, 6.45) is 1.88. The van der Waals surface area contributed by atoms with Crippen molar-refractivity contribution in [1.82, 2.24) is 19.1 Å². The minimum Gasteiger partial charge on any atom is -0.507 e. The lowest BCUT2D eigenvalue weighted by Gasteiger charge is -2.10. The Balaban J connectivity index is 1.37. The molecule has 4 aromatic heterocycles. The molecule has 0 amide bonds. The number of aromatic nitrogens is 4. The molecule has 0 aliphatic carbocycles. The van der Waals surface area contributed by atoms with Gasteiger partial charge in [0.1, 0.15) is 11.6 Å². The van der Waals surface area contributed by atoms with Crippen LogP contribution in [0.5, 0.6) is 5.75 Å². The summed E-state index contributed by atoms with van der Waals surface area (Å²) in [5, 5.41) is 15.3. The van der Waals surface area contributed by atoms with Crippen LogP contribution >= 0.6 is 0 Å². The lowest BCUT2D eigenvalue weighted by atomic mass is 10.0. The van der Waals surface area contributed by atoms with Crippen LogP contribution in [0.4, 0.5) is 0 Å². The average Bonchev–Trinajstić information content (AvgIpc) is 3.61. The monoisotopic (exact) mass is 592 g/mol. The lowest BCUT2D eigenvalue weighted by Crippen LogP contribution is -1.98. The summed E-state index contributed by atoms with van der Waals surface area (Å²) < 4.78 is 4.64. The molecule has 0 spiro atoms. The molecule has 0 atom stereocenters. The zero-order valence-electron chi connectivity index (χ0n) is 25.1. The number of pyridine rings is 2. The van der Waals surface area contributed by atoms with Crippen LogP contribution in [0.1, 0.15) is 5.56 Å². The van der Waals surface area contributed by atoms with Crippen molar-refractivity contribution in [2.45, 2.75) is 6.92 Å². The van der Waals surface area contributed by atoms with E-state index in [0.29, 0.717) is 5.56 Å². The van der Waals surface area contributed by atoms with Crippen molar-refractivity contribution in [2.24, 2.45) is 0 Å². The van der Waals surface area contributed by atoms with Crippen LogP contribution in [0.2, 0.25) is 0 Å². The fourth-order valence-corrected chi connectivity index (χ4v) is 6.91. The van der Waals surface area contributed by atoms with Crippen molar-refractivity contribution in [3.63, 3.8) is 0 Å². The van der Waals surface area contributed by atoms with E-state index in [4.69, 9.17) is 9.97 Å². The van der Waals surface area contributed by atoms with Crippen molar-refractivity contribution < 1.29 is 5.11 Å². The number of aromatic hydroxyl groups is 1. The van der Waals surface area contributed by atoms with Gasteiger partial charge >= 0.3 is 0 Å². The molecule has 5 heteroatoms. The van der Waals surface area contributed by atoms with Crippen LogP contribution in [-0.4, -0.2) is 24.2 Å². The molecule has 0 fully saturated rings. The van der Waals surface area contributed by atoms with Crippen LogP contribution in [0.25, 0.3) is 77.6 Å². The van der Waals surface area contributed by atoms with Crippen LogP contribution in [0, 0.1) is 6.92 Å². The third-order valence-electron chi connectivity index (χ3n) is 8.93. The Labute approximate surface area is 265 Å². The second-order valence-corrected chi connectivity index (χ2v) is 11.7. The number of phenolic OH excluding ortho intramolecular Hbond substituents is 1. The predicted molar refractivity (Wildman–Crippen MR) is 188 cm³/mol. The molecule has 0 saturated heterocycles. The number of para-hydroxylation sites is 3. The number of aryl methyl sites for hydroxylation is 1. The SMILES string of the molecule is Cc1ccnc(-n2c3cc(-c4cccc(-c5ccccc5O)n4)ccc3c3c4c5ccccc5n(-c5ccccc5)c4ccc32)c1. The maximum absolute atomic E-state index is 10.5. The Morgan fingerprint density at radius 3 is 2.09 bits per heavy atom. The normalized spacial score (nSPS) is 11.7. The minimum atomic E-state index is 0.215. The summed E-state index contributed by atoms with van der Waals surface area (Å²) in [4.78, 5) is 9.85. The number of rotatable bonds is 4. The Kier molecular flexibility index (Phi) is 5.80. The van der Waals surface area contributed by atoms with E-state index < -0.39 is 0 Å². The van der Waals surface area contributed by atoms with Crippen LogP contribution in [-0.2, 0) is 0 Å². The lowest BCUT2D eigenvalue weighted by molar-refractivity contribution is 0.477. The summed E-state index contributed by atoms with van der Waals surface area (Å²) >= 11 is 0. The van der Waals surface area contributed by atoms with Crippen molar-refractivity contribution in [2.75, 3.05) is 0 Å². The number of phenols is 1. The zero-order valence-corrected chi connectivity index (χ0v) is 25.1. The highest BCUT2D eigenvalue weighted by Gasteiger charge is 2.21. The molecule has 5 aromatic carbocycles. The maximum atomic E-state index is 10.5. The van der Waals surface area contributed by atoms with E-state index >= 15 is 0 Å². The van der Waals surface area contributed by atoms with E-state index in [1.807, 2.05) is 48.7 Å². The standard InChI is InChI=1S/C41H28N4O/c1-26-22-23-42-39(24-26)45-36-21-20-35-40(30-13-5-7-16-34(30)44(35)28-10-3-2-4-11-28)41(36)31-19-18-27(25-37(31)45)32-14-9-15-33(43-32)29-12-6-8-17-38(29)46/h2-25,46H,1H3. The van der Waals surface area contributed by atoms with Gasteiger partial charge in [-0.2, -0.15) is 0 Å². The Morgan fingerprint density at radius 1 is 0.543 bits per heavy atom. The van der Waals surface area contributed by atoms with Crippen LogP contribution in [0.3, 0.4) is 0 Å². The first-order valence-electron chi connectivity index (χ1n) is 15.4. The fraction of sp³-hybridized carbons (Fsp3) is 0.0244. The van der Waals surface area contributed by atoms with Gasteiger partial charge in [0.15, 0.2) is 0 Å². The Hall–Kier alpha value is -6.20. The Bertz CT molecular complexity index is 2610. The highest BCUT2D eigenvalue weighted by atomic mass is 16.3. The number of fused-ring (bicyclic) bond motifs is 7. The third-order valence-corrected chi connectivity index (χ3v) is 8.93. The molecule has 9 rings (SSSR count). The highest BCUT2D eigenvalue weighted by Crippen LogP contribution is 2.43. The molecule has 0 unspecified atom stereocenters. The highest BCUT2D eigenvalue weighted by molar-refractivity contribution is 6.29. The van der Waals surface area contributed by atoms with E-state index in [0.717, 1.165) is 56.0 Å². The molecular weight excluding hydrogens is 564 g/mol. The van der Waals surface area contributed by atoms with Gasteiger partial charge in [-0.25, -0.2) is 9.97 Å². The van der Waals surface area contributed by atoms with Gasteiger partial charge in [-0.1, -0.05) is 66.7 Å². The first kappa shape index (κ1) is 26.2. The third kappa shape index (κ3) is 3.95. The summed E-state index contributed by atoms with van der Waals surface area (Å²) in [7, 11) is 0. The van der Waals surface area contributed by atoms with Crippen LogP contribution < -0.4 is 0 Å². The largest absolute Gasteiger partial charge is 0.507 e. The molecule has 0 aliphatic rings. The molecule has 0 radical (unpaired) electrons. The van der Waals surface area contributed by atoms with Gasteiger partial charge in [0, 0.05) is 44.6 Å². The van der Waals surface area contributed by atoms with Gasteiger partial charge in [-0.3, -0.25) is 4.57 Å². The van der Waals surface area contributed by atoms with Crippen molar-refractivity contribution in [3.05, 3.63) is 151 Å². The van der Waals surface area contributed by atoms with Crippen LogP contribution in [0.15, 0.2) is 146 Å². The van der Waals surface area contributed by atoms with Gasteiger partial charge in [0.05, 0.1) is 33.5 Å². The molecule has 5 nitrogen and oxygen atoms in total. The number of hydrogen-bond acceptors (Lipinski definition) is 3. The van der Waals surface area contributed by atoms with E-state index in [1.165, 1.54) is 21.7 Å². The summed E-state index contributed by atoms with van der Waals surface area (Å²) in [6.45, 7) is 2.10. The topological polar surface area (TPSA) is 55.9 Å². The molecule has 0 bridgehead atoms. The summed E-state index contributed by atoms with van der Waals surface area (Å²) in [6, 6.07) is 47.8. The zero-order chi connectivity index (χ0) is 30.8. The van der Waals surface area contributed by atoms with Crippen molar-refractivity contribution in [1.29, 1.82) is 0 Å². The van der Waals surface area contributed by atoms with E-state index in [9.17, 15) is 5.11 Å². The fourth-order valence-electron chi connectivity index (χ4n) is 6.91. The second kappa shape index (κ2) is 10.2. The number of nitrogens with zero attached hydrogens (tertiary/aromatic N) is 4. The number of hydrogen-bond donors (Lipinski definition) is 1. The van der Waals surface area contributed by atoms with Gasteiger partial charge in [0.25, 0.3) is 0 Å².